The van der Waals surface area contributed by atoms with Gasteiger partial charge in [-0.25, -0.2) is 4.79 Å². The highest BCUT2D eigenvalue weighted by atomic mass is 16.5. The molecule has 1 atom stereocenters. The topological polar surface area (TPSA) is 102 Å². The Balaban J connectivity index is 1.48. The van der Waals surface area contributed by atoms with Crippen molar-refractivity contribution in [2.75, 3.05) is 30.0 Å². The lowest BCUT2D eigenvalue weighted by atomic mass is 10.1. The third-order valence-corrected chi connectivity index (χ3v) is 5.40. The van der Waals surface area contributed by atoms with Crippen LogP contribution >= 0.6 is 0 Å². The molecule has 0 spiro atoms. The summed E-state index contributed by atoms with van der Waals surface area (Å²) in [5.74, 6) is -2.07. The molecular formula is C26H30N2O6. The first-order valence-electron chi connectivity index (χ1n) is 11.3. The van der Waals surface area contributed by atoms with Crippen LogP contribution in [0.15, 0.2) is 42.5 Å². The molecule has 180 valence electrons. The molecule has 1 N–H and O–H groups in total. The maximum Gasteiger partial charge on any atom is 0.338 e. The van der Waals surface area contributed by atoms with E-state index in [1.54, 1.807) is 29.2 Å². The zero-order chi connectivity index (χ0) is 24.8. The van der Waals surface area contributed by atoms with Crippen LogP contribution in [0.2, 0.25) is 0 Å². The fraction of sp³-hybridized carbons (Fsp3) is 0.385. The van der Waals surface area contributed by atoms with Crippen LogP contribution in [0.4, 0.5) is 11.4 Å². The van der Waals surface area contributed by atoms with E-state index in [1.165, 1.54) is 0 Å². The second kappa shape index (κ2) is 11.0. The van der Waals surface area contributed by atoms with Crippen LogP contribution in [-0.2, 0) is 23.9 Å². The number of nitrogens with one attached hydrogen (secondary N) is 1. The molecule has 2 amide bonds. The van der Waals surface area contributed by atoms with Crippen molar-refractivity contribution in [1.82, 2.24) is 0 Å². The van der Waals surface area contributed by atoms with Crippen LogP contribution in [0.25, 0.3) is 0 Å². The molecule has 2 aromatic rings. The molecule has 1 saturated heterocycles. The fourth-order valence-electron chi connectivity index (χ4n) is 3.67. The van der Waals surface area contributed by atoms with Crippen LogP contribution in [0.3, 0.4) is 0 Å². The maximum absolute atomic E-state index is 12.5. The van der Waals surface area contributed by atoms with E-state index in [0.29, 0.717) is 17.9 Å². The molecule has 1 fully saturated rings. The third kappa shape index (κ3) is 6.43. The van der Waals surface area contributed by atoms with Crippen molar-refractivity contribution in [3.63, 3.8) is 0 Å². The van der Waals surface area contributed by atoms with Crippen molar-refractivity contribution in [1.29, 1.82) is 0 Å². The highest BCUT2D eigenvalue weighted by Crippen LogP contribution is 2.29. The number of nitrogens with zero attached hydrogens (tertiary/aromatic N) is 1. The summed E-state index contributed by atoms with van der Waals surface area (Å²) in [6.45, 7) is 7.88. The minimum atomic E-state index is -0.628. The molecule has 1 heterocycles. The van der Waals surface area contributed by atoms with Crippen molar-refractivity contribution < 1.29 is 28.7 Å². The number of amides is 2. The average Bonchev–Trinajstić information content (AvgIpc) is 3.17. The number of aryl methyl sites for hydroxylation is 2. The van der Waals surface area contributed by atoms with E-state index in [0.717, 1.165) is 16.8 Å². The Labute approximate surface area is 199 Å². The second-order valence-corrected chi connectivity index (χ2v) is 8.92. The van der Waals surface area contributed by atoms with Gasteiger partial charge in [0.2, 0.25) is 5.91 Å². The summed E-state index contributed by atoms with van der Waals surface area (Å²) in [5.41, 5.74) is 3.67. The molecule has 34 heavy (non-hydrogen) atoms. The van der Waals surface area contributed by atoms with Crippen molar-refractivity contribution in [2.45, 2.75) is 34.1 Å². The SMILES string of the molecule is Cc1ccc(N2C[C@H](C(=O)OCC(=O)Nc3ccc(C(=O)OCC(C)C)cc3)CC2=O)c(C)c1. The number of anilines is 2. The van der Waals surface area contributed by atoms with Gasteiger partial charge in [0.15, 0.2) is 6.61 Å². The van der Waals surface area contributed by atoms with Crippen molar-refractivity contribution in [2.24, 2.45) is 11.8 Å². The summed E-state index contributed by atoms with van der Waals surface area (Å²) >= 11 is 0. The Morgan fingerprint density at radius 3 is 2.41 bits per heavy atom. The molecule has 2 aromatic carbocycles. The normalized spacial score (nSPS) is 15.4. The number of ether oxygens (including phenoxy) is 2. The Bertz CT molecular complexity index is 1080. The zero-order valence-corrected chi connectivity index (χ0v) is 19.9. The Morgan fingerprint density at radius 2 is 1.76 bits per heavy atom. The van der Waals surface area contributed by atoms with Gasteiger partial charge < -0.3 is 19.7 Å². The highest BCUT2D eigenvalue weighted by molar-refractivity contribution is 6.00. The maximum atomic E-state index is 12.5. The van der Waals surface area contributed by atoms with E-state index in [4.69, 9.17) is 9.47 Å². The van der Waals surface area contributed by atoms with E-state index in [9.17, 15) is 19.2 Å². The van der Waals surface area contributed by atoms with E-state index in [1.807, 2.05) is 45.9 Å². The molecule has 8 nitrogen and oxygen atoms in total. The first kappa shape index (κ1) is 25.0. The van der Waals surface area contributed by atoms with Gasteiger partial charge in [-0.1, -0.05) is 31.5 Å². The molecule has 0 saturated carbocycles. The number of hydrogen-bond acceptors (Lipinski definition) is 6. The quantitative estimate of drug-likeness (QED) is 0.596. The number of benzene rings is 2. The minimum Gasteiger partial charge on any atom is -0.462 e. The number of hydrogen-bond donors (Lipinski definition) is 1. The van der Waals surface area contributed by atoms with Crippen molar-refractivity contribution >= 4 is 35.1 Å². The Kier molecular flexibility index (Phi) is 8.04. The van der Waals surface area contributed by atoms with Crippen LogP contribution in [-0.4, -0.2) is 43.5 Å². The van der Waals surface area contributed by atoms with Gasteiger partial charge in [0.05, 0.1) is 18.1 Å². The van der Waals surface area contributed by atoms with Gasteiger partial charge in [-0.2, -0.15) is 0 Å². The van der Waals surface area contributed by atoms with Crippen LogP contribution < -0.4 is 10.2 Å². The van der Waals surface area contributed by atoms with Gasteiger partial charge in [-0.05, 0) is 55.7 Å². The predicted molar refractivity (Wildman–Crippen MR) is 128 cm³/mol. The molecule has 0 unspecified atom stereocenters. The lowest BCUT2D eigenvalue weighted by molar-refractivity contribution is -0.151. The summed E-state index contributed by atoms with van der Waals surface area (Å²) < 4.78 is 10.3. The molecule has 0 aliphatic carbocycles. The van der Waals surface area contributed by atoms with Gasteiger partial charge in [-0.3, -0.25) is 14.4 Å². The molecule has 0 aromatic heterocycles. The summed E-state index contributed by atoms with van der Waals surface area (Å²) in [7, 11) is 0. The van der Waals surface area contributed by atoms with E-state index < -0.39 is 30.4 Å². The lowest BCUT2D eigenvalue weighted by Gasteiger charge is -2.19. The Morgan fingerprint density at radius 1 is 1.06 bits per heavy atom. The molecule has 0 bridgehead atoms. The first-order valence-corrected chi connectivity index (χ1v) is 11.3. The van der Waals surface area contributed by atoms with E-state index >= 15 is 0 Å². The smallest absolute Gasteiger partial charge is 0.338 e. The lowest BCUT2D eigenvalue weighted by Crippen LogP contribution is -2.28. The van der Waals surface area contributed by atoms with Gasteiger partial charge in [0.25, 0.3) is 5.91 Å². The van der Waals surface area contributed by atoms with Crippen molar-refractivity contribution in [3.8, 4) is 0 Å². The minimum absolute atomic E-state index is 0.0438. The van der Waals surface area contributed by atoms with Crippen LogP contribution in [0, 0.1) is 25.7 Å². The summed E-state index contributed by atoms with van der Waals surface area (Å²) in [5, 5.41) is 2.61. The van der Waals surface area contributed by atoms with Gasteiger partial charge in [0, 0.05) is 24.3 Å². The monoisotopic (exact) mass is 466 g/mol. The van der Waals surface area contributed by atoms with Gasteiger partial charge in [-0.15, -0.1) is 0 Å². The summed E-state index contributed by atoms with van der Waals surface area (Å²) in [6.07, 6.45) is 0.0438. The summed E-state index contributed by atoms with van der Waals surface area (Å²) in [6, 6.07) is 12.0. The second-order valence-electron chi connectivity index (χ2n) is 8.92. The van der Waals surface area contributed by atoms with Crippen molar-refractivity contribution in [3.05, 3.63) is 59.2 Å². The van der Waals surface area contributed by atoms with E-state index in [-0.39, 0.29) is 24.8 Å². The van der Waals surface area contributed by atoms with Gasteiger partial charge >= 0.3 is 11.9 Å². The van der Waals surface area contributed by atoms with Crippen LogP contribution in [0.5, 0.6) is 0 Å². The number of esters is 2. The average molecular weight is 467 g/mol. The predicted octanol–water partition coefficient (Wildman–Crippen LogP) is 3.65. The Hall–Kier alpha value is -3.68. The van der Waals surface area contributed by atoms with E-state index in [2.05, 4.69) is 5.32 Å². The fourth-order valence-corrected chi connectivity index (χ4v) is 3.67. The molecular weight excluding hydrogens is 436 g/mol. The largest absolute Gasteiger partial charge is 0.462 e. The molecule has 1 aliphatic heterocycles. The standard InChI is InChI=1S/C26H30N2O6/c1-16(2)14-33-25(31)19-6-8-21(9-7-19)27-23(29)15-34-26(32)20-12-24(30)28(13-20)22-10-5-17(3)11-18(22)4/h5-11,16,20H,12-15H2,1-4H3,(H,27,29)/t20-/m1/s1. The molecule has 1 aliphatic rings. The molecule has 8 heteroatoms. The summed E-state index contributed by atoms with van der Waals surface area (Å²) in [4.78, 5) is 50.7. The molecule has 3 rings (SSSR count). The third-order valence-electron chi connectivity index (χ3n) is 5.40. The number of rotatable bonds is 8. The zero-order valence-electron chi connectivity index (χ0n) is 19.9. The first-order chi connectivity index (χ1) is 16.1. The molecule has 0 radical (unpaired) electrons. The number of carbonyl (C=O) groups is 4. The van der Waals surface area contributed by atoms with Crippen LogP contribution in [0.1, 0.15) is 41.8 Å². The van der Waals surface area contributed by atoms with Gasteiger partial charge in [0.1, 0.15) is 0 Å². The number of carbonyl (C=O) groups excluding carboxylic acids is 4. The highest BCUT2D eigenvalue weighted by Gasteiger charge is 2.36.